The smallest absolute Gasteiger partial charge is 0.407 e. The van der Waals surface area contributed by atoms with Gasteiger partial charge in [0.1, 0.15) is 6.61 Å². The maximum atomic E-state index is 12.6. The Morgan fingerprint density at radius 3 is 2.06 bits per heavy atom. The number of hydrogen-bond acceptors (Lipinski definition) is 3. The average molecular weight is 428 g/mol. The molecular weight excluding hydrogens is 402 g/mol. The number of carbonyl (C=O) groups is 2. The first kappa shape index (κ1) is 20.3. The summed E-state index contributed by atoms with van der Waals surface area (Å²) in [5.74, 6) is -0.388. The molecule has 0 heterocycles. The van der Waals surface area contributed by atoms with Crippen LogP contribution in [0.15, 0.2) is 72.8 Å². The van der Waals surface area contributed by atoms with Crippen molar-refractivity contribution in [2.75, 3.05) is 6.61 Å². The van der Waals surface area contributed by atoms with Gasteiger partial charge in [0, 0.05) is 5.92 Å². The Kier molecular flexibility index (Phi) is 5.39. The van der Waals surface area contributed by atoms with Gasteiger partial charge < -0.3 is 15.2 Å². The third-order valence-electron chi connectivity index (χ3n) is 6.40. The topological polar surface area (TPSA) is 75.6 Å². The van der Waals surface area contributed by atoms with Crippen molar-refractivity contribution in [1.29, 1.82) is 0 Å². The summed E-state index contributed by atoms with van der Waals surface area (Å²) in [5, 5.41) is 12.1. The molecular formula is C27H25NO4. The Morgan fingerprint density at radius 2 is 1.50 bits per heavy atom. The predicted molar refractivity (Wildman–Crippen MR) is 122 cm³/mol. The fourth-order valence-electron chi connectivity index (χ4n) is 4.63. The van der Waals surface area contributed by atoms with E-state index < -0.39 is 18.1 Å². The molecule has 3 aromatic carbocycles. The Hall–Kier alpha value is -3.60. The summed E-state index contributed by atoms with van der Waals surface area (Å²) in [6.45, 7) is 0.195. The fourth-order valence-corrected chi connectivity index (χ4v) is 4.63. The van der Waals surface area contributed by atoms with E-state index in [0.717, 1.165) is 27.8 Å². The molecule has 162 valence electrons. The lowest BCUT2D eigenvalue weighted by Gasteiger charge is -2.19. The number of carbonyl (C=O) groups excluding carboxylic acids is 1. The molecule has 2 N–H and O–H groups in total. The van der Waals surface area contributed by atoms with Crippen molar-refractivity contribution in [1.82, 2.24) is 5.32 Å². The van der Waals surface area contributed by atoms with Gasteiger partial charge in [-0.15, -0.1) is 0 Å². The first-order valence-electron chi connectivity index (χ1n) is 11.0. The number of nitrogens with one attached hydrogen (secondary N) is 1. The van der Waals surface area contributed by atoms with Crippen molar-refractivity contribution in [3.8, 4) is 11.1 Å². The van der Waals surface area contributed by atoms with Crippen molar-refractivity contribution in [2.24, 2.45) is 0 Å². The summed E-state index contributed by atoms with van der Waals surface area (Å²) in [7, 11) is 0. The first-order valence-corrected chi connectivity index (χ1v) is 11.0. The maximum absolute atomic E-state index is 12.6. The highest BCUT2D eigenvalue weighted by Crippen LogP contribution is 2.44. The van der Waals surface area contributed by atoms with Crippen LogP contribution in [0.1, 0.15) is 59.4 Å². The monoisotopic (exact) mass is 427 g/mol. The first-order chi connectivity index (χ1) is 15.6. The number of carboxylic acid groups (broad SMARTS) is 1. The van der Waals surface area contributed by atoms with Gasteiger partial charge in [-0.05, 0) is 52.1 Å². The zero-order chi connectivity index (χ0) is 22.1. The molecule has 3 aromatic rings. The van der Waals surface area contributed by atoms with E-state index in [1.807, 2.05) is 48.5 Å². The van der Waals surface area contributed by atoms with Gasteiger partial charge in [-0.25, -0.2) is 4.79 Å². The van der Waals surface area contributed by atoms with Crippen molar-refractivity contribution in [2.45, 2.75) is 37.1 Å². The summed E-state index contributed by atoms with van der Waals surface area (Å²) in [4.78, 5) is 24.0. The van der Waals surface area contributed by atoms with Gasteiger partial charge in [0.25, 0.3) is 0 Å². The second-order valence-electron chi connectivity index (χ2n) is 8.56. The van der Waals surface area contributed by atoms with Crippen LogP contribution in [0.3, 0.4) is 0 Å². The fraction of sp³-hybridized carbons (Fsp3) is 0.259. The molecule has 32 heavy (non-hydrogen) atoms. The van der Waals surface area contributed by atoms with E-state index >= 15 is 0 Å². The summed E-state index contributed by atoms with van der Waals surface area (Å²) in [5.41, 5.74) is 6.64. The van der Waals surface area contributed by atoms with Crippen molar-refractivity contribution >= 4 is 12.1 Å². The highest BCUT2D eigenvalue weighted by atomic mass is 16.5. The highest BCUT2D eigenvalue weighted by molar-refractivity contribution is 5.79. The summed E-state index contributed by atoms with van der Waals surface area (Å²) < 4.78 is 5.60. The molecule has 0 aliphatic heterocycles. The Labute approximate surface area is 187 Å². The summed E-state index contributed by atoms with van der Waals surface area (Å²) in [6, 6.07) is 23.5. The molecule has 5 heteroatoms. The van der Waals surface area contributed by atoms with Crippen LogP contribution >= 0.6 is 0 Å². The molecule has 5 nitrogen and oxygen atoms in total. The van der Waals surface area contributed by atoms with E-state index in [1.54, 1.807) is 0 Å². The molecule has 2 aliphatic rings. The Bertz CT molecular complexity index is 1100. The molecule has 0 aromatic heterocycles. The van der Waals surface area contributed by atoms with Gasteiger partial charge >= 0.3 is 12.1 Å². The number of hydrogen-bond donors (Lipinski definition) is 2. The number of rotatable bonds is 7. The number of carboxylic acids is 1. The molecule has 1 atom stereocenters. The average Bonchev–Trinajstić information content (AvgIpc) is 3.60. The Morgan fingerprint density at radius 1 is 0.906 bits per heavy atom. The van der Waals surface area contributed by atoms with Gasteiger partial charge in [0.2, 0.25) is 0 Å². The standard InChI is InChI=1S/C27H25NO4/c29-26(30)15-25(19-13-11-18(12-14-19)17-9-10-17)28-27(31)32-16-24-22-7-3-1-5-20(22)21-6-2-4-8-23(21)24/h1-8,11-14,17,24-25H,9-10,15-16H2,(H,28,31)(H,29,30). The van der Waals surface area contributed by atoms with Gasteiger partial charge in [-0.1, -0.05) is 72.8 Å². The molecule has 0 radical (unpaired) electrons. The highest BCUT2D eigenvalue weighted by Gasteiger charge is 2.29. The summed E-state index contributed by atoms with van der Waals surface area (Å²) >= 11 is 0. The van der Waals surface area contributed by atoms with Crippen LogP contribution in [0, 0.1) is 0 Å². The molecule has 0 spiro atoms. The number of fused-ring (bicyclic) bond motifs is 3. The van der Waals surface area contributed by atoms with Crippen LogP contribution in [0.4, 0.5) is 4.79 Å². The minimum Gasteiger partial charge on any atom is -0.481 e. The van der Waals surface area contributed by atoms with E-state index in [2.05, 4.69) is 29.6 Å². The van der Waals surface area contributed by atoms with Crippen LogP contribution in [-0.2, 0) is 9.53 Å². The molecule has 1 unspecified atom stereocenters. The Balaban J connectivity index is 1.28. The van der Waals surface area contributed by atoms with E-state index in [0.29, 0.717) is 5.92 Å². The SMILES string of the molecule is O=C(O)CC(NC(=O)OCC1c2ccccc2-c2ccccc21)c1ccc(C2CC2)cc1. The van der Waals surface area contributed by atoms with E-state index in [-0.39, 0.29) is 18.9 Å². The molecule has 0 bridgehead atoms. The van der Waals surface area contributed by atoms with Gasteiger partial charge in [-0.2, -0.15) is 0 Å². The molecule has 1 saturated carbocycles. The summed E-state index contributed by atoms with van der Waals surface area (Å²) in [6.07, 6.45) is 1.60. The van der Waals surface area contributed by atoms with Crippen LogP contribution < -0.4 is 5.32 Å². The third-order valence-corrected chi connectivity index (χ3v) is 6.40. The number of alkyl carbamates (subject to hydrolysis) is 1. The van der Waals surface area contributed by atoms with Crippen LogP contribution in [0.25, 0.3) is 11.1 Å². The number of amides is 1. The molecule has 1 fully saturated rings. The number of ether oxygens (including phenoxy) is 1. The van der Waals surface area contributed by atoms with Gasteiger partial charge in [0.05, 0.1) is 12.5 Å². The van der Waals surface area contributed by atoms with Crippen molar-refractivity contribution < 1.29 is 19.4 Å². The van der Waals surface area contributed by atoms with Crippen LogP contribution in [0.2, 0.25) is 0 Å². The minimum absolute atomic E-state index is 0.0381. The van der Waals surface area contributed by atoms with Gasteiger partial charge in [0.15, 0.2) is 0 Å². The predicted octanol–water partition coefficient (Wildman–Crippen LogP) is 5.62. The molecule has 1 amide bonds. The number of aliphatic carboxylic acids is 1. The zero-order valence-corrected chi connectivity index (χ0v) is 17.7. The lowest BCUT2D eigenvalue weighted by Crippen LogP contribution is -2.31. The minimum atomic E-state index is -0.972. The van der Waals surface area contributed by atoms with E-state index in [9.17, 15) is 14.7 Å². The molecule has 2 aliphatic carbocycles. The largest absolute Gasteiger partial charge is 0.481 e. The number of benzene rings is 3. The van der Waals surface area contributed by atoms with Crippen LogP contribution in [-0.4, -0.2) is 23.8 Å². The van der Waals surface area contributed by atoms with Crippen molar-refractivity contribution in [3.63, 3.8) is 0 Å². The van der Waals surface area contributed by atoms with Crippen molar-refractivity contribution in [3.05, 3.63) is 95.1 Å². The second kappa shape index (κ2) is 8.50. The maximum Gasteiger partial charge on any atom is 0.407 e. The second-order valence-corrected chi connectivity index (χ2v) is 8.56. The zero-order valence-electron chi connectivity index (χ0n) is 17.7. The molecule has 5 rings (SSSR count). The van der Waals surface area contributed by atoms with Gasteiger partial charge in [-0.3, -0.25) is 4.79 Å². The van der Waals surface area contributed by atoms with Crippen LogP contribution in [0.5, 0.6) is 0 Å². The van der Waals surface area contributed by atoms with E-state index in [1.165, 1.54) is 18.4 Å². The molecule has 0 saturated heterocycles. The normalized spacial score (nSPS) is 15.5. The lowest BCUT2D eigenvalue weighted by atomic mass is 9.98. The quantitative estimate of drug-likeness (QED) is 0.513. The van der Waals surface area contributed by atoms with E-state index in [4.69, 9.17) is 4.74 Å². The lowest BCUT2D eigenvalue weighted by molar-refractivity contribution is -0.137. The third kappa shape index (κ3) is 4.11.